The maximum Gasteiger partial charge on any atom is 0.228 e. The van der Waals surface area contributed by atoms with Crippen LogP contribution >= 0.6 is 46.4 Å². The number of aromatic nitrogens is 3. The summed E-state index contributed by atoms with van der Waals surface area (Å²) in [6.45, 7) is 0.591. The van der Waals surface area contributed by atoms with Gasteiger partial charge in [-0.3, -0.25) is 0 Å². The second-order valence-corrected chi connectivity index (χ2v) is 5.20. The number of hydrogen-bond donors (Lipinski definition) is 1. The van der Waals surface area contributed by atoms with E-state index in [-0.39, 0.29) is 10.6 Å². The Morgan fingerprint density at radius 2 is 1.42 bits per heavy atom. The fourth-order valence-corrected chi connectivity index (χ4v) is 2.41. The molecule has 0 unspecified atom stereocenters. The van der Waals surface area contributed by atoms with Gasteiger partial charge in [0.15, 0.2) is 0 Å². The number of hydrogen-bond acceptors (Lipinski definition) is 4. The molecule has 0 bridgehead atoms. The van der Waals surface area contributed by atoms with Crippen molar-refractivity contribution in [3.63, 3.8) is 0 Å². The monoisotopic (exact) mass is 336 g/mol. The molecule has 0 aliphatic heterocycles. The van der Waals surface area contributed by atoms with Crippen molar-refractivity contribution in [2.24, 2.45) is 0 Å². The highest BCUT2D eigenvalue weighted by Crippen LogP contribution is 2.19. The van der Waals surface area contributed by atoms with Gasteiger partial charge in [0.1, 0.15) is 0 Å². The van der Waals surface area contributed by atoms with Crippen LogP contribution in [0, 0.1) is 0 Å². The molecule has 8 heteroatoms. The number of benzene rings is 1. The Hall–Kier alpha value is -0.810. The van der Waals surface area contributed by atoms with E-state index >= 15 is 0 Å². The second kappa shape index (κ2) is 6.57. The third kappa shape index (κ3) is 4.66. The fraction of sp³-hybridized carbons (Fsp3) is 0.182. The van der Waals surface area contributed by atoms with E-state index in [1.165, 1.54) is 0 Å². The first-order valence-corrected chi connectivity index (χ1v) is 6.80. The van der Waals surface area contributed by atoms with Gasteiger partial charge in [-0.15, -0.1) is 0 Å². The summed E-state index contributed by atoms with van der Waals surface area (Å²) in [7, 11) is 0. The molecule has 2 aromatic rings. The second-order valence-electron chi connectivity index (χ2n) is 3.65. The molecule has 0 spiro atoms. The third-order valence-corrected chi connectivity index (χ3v) is 2.97. The molecule has 1 aromatic heterocycles. The topological polar surface area (TPSA) is 50.7 Å². The summed E-state index contributed by atoms with van der Waals surface area (Å²) in [6, 6.07) is 5.39. The molecular weight excluding hydrogens is 330 g/mol. The molecule has 0 saturated carbocycles. The lowest BCUT2D eigenvalue weighted by Crippen LogP contribution is -2.08. The number of nitrogens with zero attached hydrogens (tertiary/aromatic N) is 3. The lowest BCUT2D eigenvalue weighted by atomic mass is 10.1. The van der Waals surface area contributed by atoms with E-state index in [0.717, 1.165) is 5.56 Å². The Bertz CT molecular complexity index is 499. The first-order valence-electron chi connectivity index (χ1n) is 5.29. The molecule has 0 fully saturated rings. The van der Waals surface area contributed by atoms with Gasteiger partial charge in [-0.1, -0.05) is 23.2 Å². The quantitative estimate of drug-likeness (QED) is 0.910. The van der Waals surface area contributed by atoms with E-state index in [0.29, 0.717) is 29.0 Å². The van der Waals surface area contributed by atoms with E-state index in [4.69, 9.17) is 46.4 Å². The minimum Gasteiger partial charge on any atom is -0.354 e. The average molecular weight is 338 g/mol. The van der Waals surface area contributed by atoms with Crippen LogP contribution in [0.5, 0.6) is 0 Å². The molecule has 0 saturated heterocycles. The van der Waals surface area contributed by atoms with Gasteiger partial charge in [-0.2, -0.15) is 15.0 Å². The van der Waals surface area contributed by atoms with E-state index in [9.17, 15) is 0 Å². The first-order chi connectivity index (χ1) is 9.02. The Labute approximate surface area is 130 Å². The van der Waals surface area contributed by atoms with E-state index in [2.05, 4.69) is 20.3 Å². The Morgan fingerprint density at radius 3 is 2.00 bits per heavy atom. The van der Waals surface area contributed by atoms with Crippen LogP contribution in [0.4, 0.5) is 5.95 Å². The van der Waals surface area contributed by atoms with Crippen LogP contribution in [0.15, 0.2) is 18.2 Å². The molecule has 1 aromatic carbocycles. The van der Waals surface area contributed by atoms with Gasteiger partial charge < -0.3 is 5.32 Å². The molecule has 1 N–H and O–H groups in total. The molecule has 4 nitrogen and oxygen atoms in total. The van der Waals surface area contributed by atoms with E-state index in [1.807, 2.05) is 12.1 Å². The highest BCUT2D eigenvalue weighted by atomic mass is 35.5. The van der Waals surface area contributed by atoms with Crippen LogP contribution < -0.4 is 5.32 Å². The van der Waals surface area contributed by atoms with E-state index < -0.39 is 0 Å². The number of halogens is 4. The average Bonchev–Trinajstić information content (AvgIpc) is 2.26. The van der Waals surface area contributed by atoms with Gasteiger partial charge in [0, 0.05) is 16.6 Å². The maximum absolute atomic E-state index is 5.91. The van der Waals surface area contributed by atoms with E-state index in [1.54, 1.807) is 6.07 Å². The van der Waals surface area contributed by atoms with Crippen LogP contribution in [0.2, 0.25) is 20.6 Å². The van der Waals surface area contributed by atoms with Gasteiger partial charge in [0.25, 0.3) is 0 Å². The molecule has 0 aliphatic rings. The maximum atomic E-state index is 5.91. The van der Waals surface area contributed by atoms with Crippen molar-refractivity contribution in [2.75, 3.05) is 11.9 Å². The number of anilines is 1. The van der Waals surface area contributed by atoms with Crippen molar-refractivity contribution in [1.82, 2.24) is 15.0 Å². The molecule has 19 heavy (non-hydrogen) atoms. The summed E-state index contributed by atoms with van der Waals surface area (Å²) in [5.74, 6) is 0.332. The number of rotatable bonds is 4. The Morgan fingerprint density at radius 1 is 0.842 bits per heavy atom. The summed E-state index contributed by atoms with van der Waals surface area (Å²) < 4.78 is 0. The lowest BCUT2D eigenvalue weighted by Gasteiger charge is -2.06. The third-order valence-electron chi connectivity index (χ3n) is 2.20. The molecule has 1 heterocycles. The summed E-state index contributed by atoms with van der Waals surface area (Å²) in [6.07, 6.45) is 0.710. The van der Waals surface area contributed by atoms with Crippen molar-refractivity contribution in [1.29, 1.82) is 0 Å². The molecule has 100 valence electrons. The molecular formula is C11H8Cl4N4. The highest BCUT2D eigenvalue weighted by Gasteiger charge is 2.03. The predicted octanol–water partition coefficient (Wildman–Crippen LogP) is 4.14. The smallest absolute Gasteiger partial charge is 0.228 e. The van der Waals surface area contributed by atoms with Crippen molar-refractivity contribution in [3.05, 3.63) is 44.4 Å². The van der Waals surface area contributed by atoms with Gasteiger partial charge in [0.05, 0.1) is 0 Å². The largest absolute Gasteiger partial charge is 0.354 e. The SMILES string of the molecule is Clc1cc(Cl)cc(CCNc2nc(Cl)nc(Cl)n2)c1. The molecule has 2 rings (SSSR count). The highest BCUT2D eigenvalue weighted by molar-refractivity contribution is 6.34. The minimum atomic E-state index is 0.0494. The zero-order valence-electron chi connectivity index (χ0n) is 9.50. The van der Waals surface area contributed by atoms with Gasteiger partial charge in [-0.05, 0) is 53.4 Å². The normalized spacial score (nSPS) is 10.5. The van der Waals surface area contributed by atoms with Crippen LogP contribution in [0.3, 0.4) is 0 Å². The molecule has 0 radical (unpaired) electrons. The number of nitrogens with one attached hydrogen (secondary N) is 1. The van der Waals surface area contributed by atoms with Crippen molar-refractivity contribution >= 4 is 52.4 Å². The van der Waals surface area contributed by atoms with Gasteiger partial charge >= 0.3 is 0 Å². The first kappa shape index (κ1) is 14.6. The Balaban J connectivity index is 1.96. The fourth-order valence-electron chi connectivity index (χ4n) is 1.48. The summed E-state index contributed by atoms with van der Waals surface area (Å²) in [4.78, 5) is 11.4. The molecule has 0 amide bonds. The van der Waals surface area contributed by atoms with Crippen molar-refractivity contribution < 1.29 is 0 Å². The van der Waals surface area contributed by atoms with Gasteiger partial charge in [-0.25, -0.2) is 0 Å². The molecule has 0 aliphatic carbocycles. The van der Waals surface area contributed by atoms with Gasteiger partial charge in [0.2, 0.25) is 16.5 Å². The van der Waals surface area contributed by atoms with Crippen LogP contribution in [-0.2, 0) is 6.42 Å². The van der Waals surface area contributed by atoms with Crippen molar-refractivity contribution in [2.45, 2.75) is 6.42 Å². The van der Waals surface area contributed by atoms with Crippen LogP contribution in [0.1, 0.15) is 5.56 Å². The zero-order chi connectivity index (χ0) is 13.8. The van der Waals surface area contributed by atoms with Crippen molar-refractivity contribution in [3.8, 4) is 0 Å². The van der Waals surface area contributed by atoms with Crippen LogP contribution in [0.25, 0.3) is 0 Å². The summed E-state index contributed by atoms with van der Waals surface area (Å²) in [5.41, 5.74) is 1.01. The predicted molar refractivity (Wildman–Crippen MR) is 78.5 cm³/mol. The lowest BCUT2D eigenvalue weighted by molar-refractivity contribution is 0.963. The Kier molecular flexibility index (Phi) is 5.05. The molecule has 0 atom stereocenters. The minimum absolute atomic E-state index is 0.0494. The zero-order valence-corrected chi connectivity index (χ0v) is 12.5. The standard InChI is InChI=1S/C11H8Cl4N4/c12-7-3-6(4-8(13)5-7)1-2-16-11-18-9(14)17-10(15)19-11/h3-5H,1-2H2,(H,16,17,18,19). The van der Waals surface area contributed by atoms with Crippen LogP contribution in [-0.4, -0.2) is 21.5 Å². The summed E-state index contributed by atoms with van der Waals surface area (Å²) in [5, 5.41) is 4.31. The summed E-state index contributed by atoms with van der Waals surface area (Å²) >= 11 is 23.2.